The molecule has 3 atom stereocenters. The van der Waals surface area contributed by atoms with Crippen molar-refractivity contribution in [3.05, 3.63) is 90.0 Å². The van der Waals surface area contributed by atoms with E-state index in [0.717, 1.165) is 16.7 Å². The van der Waals surface area contributed by atoms with Crippen molar-refractivity contribution in [1.82, 2.24) is 14.8 Å². The van der Waals surface area contributed by atoms with Crippen LogP contribution >= 0.6 is 0 Å². The molecule has 2 aromatic carbocycles. The Hall–Kier alpha value is -3.58. The zero-order chi connectivity index (χ0) is 22.2. The summed E-state index contributed by atoms with van der Waals surface area (Å²) in [5.41, 5.74) is 2.98. The zero-order valence-electron chi connectivity index (χ0n) is 17.3. The Bertz CT molecular complexity index is 1150. The number of fused-ring (bicyclic) bond motifs is 1. The molecule has 0 bridgehead atoms. The summed E-state index contributed by atoms with van der Waals surface area (Å²) in [5, 5.41) is 9.96. The van der Waals surface area contributed by atoms with Crippen LogP contribution in [0.3, 0.4) is 0 Å². The van der Waals surface area contributed by atoms with Crippen LogP contribution < -0.4 is 0 Å². The molecule has 0 radical (unpaired) electrons. The van der Waals surface area contributed by atoms with Gasteiger partial charge in [0.1, 0.15) is 12.4 Å². The molecule has 0 unspecified atom stereocenters. The van der Waals surface area contributed by atoms with E-state index in [1.54, 1.807) is 23.4 Å². The second kappa shape index (κ2) is 8.16. The van der Waals surface area contributed by atoms with E-state index >= 15 is 0 Å². The molecule has 162 valence electrons. The highest BCUT2D eigenvalue weighted by molar-refractivity contribution is 5.97. The minimum atomic E-state index is -0.600. The van der Waals surface area contributed by atoms with Crippen molar-refractivity contribution in [1.29, 1.82) is 0 Å². The molecule has 7 heteroatoms. The third-order valence-electron chi connectivity index (χ3n) is 6.43. The molecule has 2 saturated heterocycles. The molecule has 0 saturated carbocycles. The van der Waals surface area contributed by atoms with Crippen LogP contribution in [-0.2, 0) is 4.79 Å². The highest BCUT2D eigenvalue weighted by Gasteiger charge is 2.54. The van der Waals surface area contributed by atoms with E-state index in [-0.39, 0.29) is 42.6 Å². The summed E-state index contributed by atoms with van der Waals surface area (Å²) in [7, 11) is 0. The largest absolute Gasteiger partial charge is 0.394 e. The van der Waals surface area contributed by atoms with Crippen LogP contribution in [0.4, 0.5) is 4.39 Å². The maximum atomic E-state index is 14.1. The molecule has 3 heterocycles. The summed E-state index contributed by atoms with van der Waals surface area (Å²) in [4.78, 5) is 32.9. The van der Waals surface area contributed by atoms with Gasteiger partial charge >= 0.3 is 0 Å². The number of benzene rings is 2. The molecule has 32 heavy (non-hydrogen) atoms. The van der Waals surface area contributed by atoms with Gasteiger partial charge in [-0.05, 0) is 34.9 Å². The van der Waals surface area contributed by atoms with Gasteiger partial charge in [-0.15, -0.1) is 0 Å². The van der Waals surface area contributed by atoms with Gasteiger partial charge in [-0.2, -0.15) is 0 Å². The third-order valence-corrected chi connectivity index (χ3v) is 6.43. The van der Waals surface area contributed by atoms with E-state index in [2.05, 4.69) is 4.98 Å². The highest BCUT2D eigenvalue weighted by Crippen LogP contribution is 2.43. The van der Waals surface area contributed by atoms with Gasteiger partial charge in [0.05, 0.1) is 24.3 Å². The SMILES string of the molecule is O=C(c1ccccc1F)N1CC(=O)N2[C@H](CO)[C@H](c3ccc(-c4cccnc4)cc3)[C@H]2C1. The Balaban J connectivity index is 1.40. The average Bonchev–Trinajstić information content (AvgIpc) is 2.81. The molecule has 6 nitrogen and oxygen atoms in total. The first-order chi connectivity index (χ1) is 15.6. The Kier molecular flexibility index (Phi) is 5.19. The molecule has 2 aliphatic heterocycles. The van der Waals surface area contributed by atoms with Crippen molar-refractivity contribution in [2.45, 2.75) is 18.0 Å². The first-order valence-corrected chi connectivity index (χ1v) is 10.5. The first kappa shape index (κ1) is 20.3. The molecule has 5 rings (SSSR count). The van der Waals surface area contributed by atoms with E-state index in [1.165, 1.54) is 23.1 Å². The fourth-order valence-electron chi connectivity index (χ4n) is 4.89. The van der Waals surface area contributed by atoms with E-state index in [4.69, 9.17) is 0 Å². The zero-order valence-corrected chi connectivity index (χ0v) is 17.3. The predicted octanol–water partition coefficient (Wildman–Crippen LogP) is 2.70. The summed E-state index contributed by atoms with van der Waals surface area (Å²) < 4.78 is 14.1. The summed E-state index contributed by atoms with van der Waals surface area (Å²) in [6.07, 6.45) is 3.52. The molecule has 0 spiro atoms. The first-order valence-electron chi connectivity index (χ1n) is 10.5. The lowest BCUT2D eigenvalue weighted by Crippen LogP contribution is -2.73. The van der Waals surface area contributed by atoms with Crippen LogP contribution in [0.25, 0.3) is 11.1 Å². The summed E-state index contributed by atoms with van der Waals surface area (Å²) in [5.74, 6) is -1.43. The van der Waals surface area contributed by atoms with Gasteiger partial charge in [-0.25, -0.2) is 4.39 Å². The number of rotatable bonds is 4. The number of aliphatic hydroxyl groups is 1. The van der Waals surface area contributed by atoms with Crippen LogP contribution in [0.1, 0.15) is 21.8 Å². The maximum Gasteiger partial charge on any atom is 0.257 e. The number of pyridine rings is 1. The number of amides is 2. The van der Waals surface area contributed by atoms with Crippen LogP contribution in [0, 0.1) is 5.82 Å². The fraction of sp³-hybridized carbons (Fsp3) is 0.240. The molecular weight excluding hydrogens is 409 g/mol. The van der Waals surface area contributed by atoms with Crippen LogP contribution in [0.2, 0.25) is 0 Å². The number of carbonyl (C=O) groups excluding carboxylic acids is 2. The highest BCUT2D eigenvalue weighted by atomic mass is 19.1. The number of hydrogen-bond donors (Lipinski definition) is 1. The maximum absolute atomic E-state index is 14.1. The lowest BCUT2D eigenvalue weighted by atomic mass is 9.73. The monoisotopic (exact) mass is 431 g/mol. The second-order valence-corrected chi connectivity index (χ2v) is 8.17. The van der Waals surface area contributed by atoms with E-state index in [9.17, 15) is 19.1 Å². The lowest BCUT2D eigenvalue weighted by molar-refractivity contribution is -0.159. The fourth-order valence-corrected chi connectivity index (χ4v) is 4.89. The summed E-state index contributed by atoms with van der Waals surface area (Å²) in [6.45, 7) is 0.0236. The Morgan fingerprint density at radius 2 is 1.84 bits per heavy atom. The quantitative estimate of drug-likeness (QED) is 0.690. The van der Waals surface area contributed by atoms with Crippen molar-refractivity contribution in [3.63, 3.8) is 0 Å². The van der Waals surface area contributed by atoms with Crippen molar-refractivity contribution in [3.8, 4) is 11.1 Å². The second-order valence-electron chi connectivity index (χ2n) is 8.17. The van der Waals surface area contributed by atoms with Crippen molar-refractivity contribution in [2.24, 2.45) is 0 Å². The Morgan fingerprint density at radius 3 is 2.53 bits per heavy atom. The minimum Gasteiger partial charge on any atom is -0.394 e. The molecule has 1 aromatic heterocycles. The van der Waals surface area contributed by atoms with Gasteiger partial charge in [-0.3, -0.25) is 14.6 Å². The molecule has 2 fully saturated rings. The number of carbonyl (C=O) groups is 2. The van der Waals surface area contributed by atoms with Crippen molar-refractivity contribution >= 4 is 11.8 Å². The van der Waals surface area contributed by atoms with Crippen molar-refractivity contribution < 1.29 is 19.1 Å². The van der Waals surface area contributed by atoms with Gasteiger partial charge < -0.3 is 14.9 Å². The van der Waals surface area contributed by atoms with Crippen LogP contribution in [0.5, 0.6) is 0 Å². The molecular formula is C25H22FN3O3. The van der Waals surface area contributed by atoms with Crippen LogP contribution in [0.15, 0.2) is 73.1 Å². The van der Waals surface area contributed by atoms with Gasteiger partial charge in [0.15, 0.2) is 0 Å². The molecule has 3 aromatic rings. The summed E-state index contributed by atoms with van der Waals surface area (Å²) >= 11 is 0. The predicted molar refractivity (Wildman–Crippen MR) is 116 cm³/mol. The molecule has 0 aliphatic carbocycles. The molecule has 2 amide bonds. The number of aromatic nitrogens is 1. The number of piperazine rings is 1. The number of nitrogens with zero attached hydrogens (tertiary/aromatic N) is 3. The number of halogens is 1. The normalized spacial score (nSPS) is 22.3. The Morgan fingerprint density at radius 1 is 1.06 bits per heavy atom. The van der Waals surface area contributed by atoms with Gasteiger partial charge in [-0.1, -0.05) is 42.5 Å². The number of aliphatic hydroxyl groups excluding tert-OH is 1. The van der Waals surface area contributed by atoms with Gasteiger partial charge in [0.2, 0.25) is 5.91 Å². The summed E-state index contributed by atoms with van der Waals surface area (Å²) in [6, 6.07) is 17.1. The third kappa shape index (κ3) is 3.35. The van der Waals surface area contributed by atoms with E-state index in [0.29, 0.717) is 6.54 Å². The lowest BCUT2D eigenvalue weighted by Gasteiger charge is -2.58. The molecule has 2 aliphatic rings. The smallest absolute Gasteiger partial charge is 0.257 e. The standard InChI is InChI=1S/C25H22FN3O3/c26-20-6-2-1-5-19(20)25(32)28-13-21-24(22(15-30)29(21)23(31)14-28)17-9-7-16(8-10-17)18-4-3-11-27-12-18/h1-12,21-22,24,30H,13-15H2/t21-,22-,24-/m1/s1. The van der Waals surface area contributed by atoms with Crippen molar-refractivity contribution in [2.75, 3.05) is 19.7 Å². The Labute approximate surface area is 184 Å². The number of hydrogen-bond acceptors (Lipinski definition) is 4. The van der Waals surface area contributed by atoms with E-state index in [1.807, 2.05) is 36.4 Å². The van der Waals surface area contributed by atoms with Gasteiger partial charge in [0.25, 0.3) is 5.91 Å². The topological polar surface area (TPSA) is 73.7 Å². The van der Waals surface area contributed by atoms with Gasteiger partial charge in [0, 0.05) is 24.9 Å². The average molecular weight is 431 g/mol. The molecule has 1 N–H and O–H groups in total. The van der Waals surface area contributed by atoms with E-state index < -0.39 is 11.7 Å². The van der Waals surface area contributed by atoms with Crippen LogP contribution in [-0.4, -0.2) is 63.5 Å². The minimum absolute atomic E-state index is 0.0378.